The van der Waals surface area contributed by atoms with E-state index in [1.165, 1.54) is 0 Å². The number of anilines is 1. The topological polar surface area (TPSA) is 76.6 Å². The van der Waals surface area contributed by atoms with E-state index in [2.05, 4.69) is 34.0 Å². The zero-order chi connectivity index (χ0) is 16.4. The largest absolute Gasteiger partial charge is 0.366 e. The third kappa shape index (κ3) is 2.85. The monoisotopic (exact) mass is 310 g/mol. The number of aliphatic imine (C=N–C) groups is 1. The zero-order valence-corrected chi connectivity index (χ0v) is 13.2. The van der Waals surface area contributed by atoms with E-state index in [1.54, 1.807) is 40.5 Å². The summed E-state index contributed by atoms with van der Waals surface area (Å²) in [6, 6.07) is 5.16. The summed E-state index contributed by atoms with van der Waals surface area (Å²) in [7, 11) is 1.73. The lowest BCUT2D eigenvalue weighted by molar-refractivity contribution is 0.840. The van der Waals surface area contributed by atoms with E-state index in [0.717, 1.165) is 29.0 Å². The van der Waals surface area contributed by atoms with Gasteiger partial charge in [0.15, 0.2) is 11.5 Å². The molecule has 3 heterocycles. The summed E-state index contributed by atoms with van der Waals surface area (Å²) in [6.45, 7) is 6.17. The molecule has 0 amide bonds. The second kappa shape index (κ2) is 6.04. The van der Waals surface area contributed by atoms with E-state index in [-0.39, 0.29) is 5.56 Å². The van der Waals surface area contributed by atoms with Gasteiger partial charge in [0, 0.05) is 37.5 Å². The van der Waals surface area contributed by atoms with Crippen molar-refractivity contribution in [2.24, 2.45) is 12.0 Å². The molecule has 3 aromatic heterocycles. The molecular formula is C16H18N6O. The van der Waals surface area contributed by atoms with Crippen molar-refractivity contribution in [2.75, 3.05) is 5.32 Å². The molecule has 0 aromatic carbocycles. The van der Waals surface area contributed by atoms with Crippen LogP contribution in [0.25, 0.3) is 5.65 Å². The van der Waals surface area contributed by atoms with Gasteiger partial charge >= 0.3 is 0 Å². The Kier molecular flexibility index (Phi) is 3.92. The lowest BCUT2D eigenvalue weighted by Crippen LogP contribution is -2.16. The second-order valence-corrected chi connectivity index (χ2v) is 5.26. The summed E-state index contributed by atoms with van der Waals surface area (Å²) >= 11 is 0. The predicted octanol–water partition coefficient (Wildman–Crippen LogP) is 1.93. The molecule has 0 saturated carbocycles. The lowest BCUT2D eigenvalue weighted by atomic mass is 10.2. The first kappa shape index (κ1) is 15.0. The Bertz CT molecular complexity index is 924. The molecule has 118 valence electrons. The highest BCUT2D eigenvalue weighted by molar-refractivity contribution is 5.60. The van der Waals surface area contributed by atoms with Crippen LogP contribution < -0.4 is 10.9 Å². The third-order valence-corrected chi connectivity index (χ3v) is 3.69. The van der Waals surface area contributed by atoms with Gasteiger partial charge in [0.05, 0.1) is 6.20 Å². The minimum Gasteiger partial charge on any atom is -0.366 e. The first-order valence-corrected chi connectivity index (χ1v) is 7.36. The van der Waals surface area contributed by atoms with Crippen molar-refractivity contribution < 1.29 is 0 Å². The highest BCUT2D eigenvalue weighted by Crippen LogP contribution is 2.21. The number of hydrogen-bond donors (Lipinski definition) is 1. The summed E-state index contributed by atoms with van der Waals surface area (Å²) in [5, 5.41) is 7.70. The molecule has 0 aliphatic carbocycles. The SMILES string of the molecule is C=Nc1cc(NCc2ccc(=O)n(C)c2)n2ncc(CC)c2n1. The fourth-order valence-corrected chi connectivity index (χ4v) is 2.40. The van der Waals surface area contributed by atoms with Crippen LogP contribution >= 0.6 is 0 Å². The summed E-state index contributed by atoms with van der Waals surface area (Å²) < 4.78 is 3.31. The van der Waals surface area contributed by atoms with Gasteiger partial charge < -0.3 is 9.88 Å². The van der Waals surface area contributed by atoms with E-state index >= 15 is 0 Å². The van der Waals surface area contributed by atoms with Crippen molar-refractivity contribution in [1.82, 2.24) is 19.2 Å². The van der Waals surface area contributed by atoms with Crippen LogP contribution in [0.3, 0.4) is 0 Å². The van der Waals surface area contributed by atoms with Crippen LogP contribution in [-0.2, 0) is 20.0 Å². The number of aryl methyl sites for hydroxylation is 2. The van der Waals surface area contributed by atoms with E-state index < -0.39 is 0 Å². The Balaban J connectivity index is 1.95. The fraction of sp³-hybridized carbons (Fsp3) is 0.250. The van der Waals surface area contributed by atoms with Crippen molar-refractivity contribution in [1.29, 1.82) is 0 Å². The maximum Gasteiger partial charge on any atom is 0.250 e. The van der Waals surface area contributed by atoms with Crippen molar-refractivity contribution in [2.45, 2.75) is 19.9 Å². The molecule has 7 heteroatoms. The van der Waals surface area contributed by atoms with Crippen LogP contribution in [0.5, 0.6) is 0 Å². The molecule has 0 atom stereocenters. The molecule has 0 spiro atoms. The molecule has 3 aromatic rings. The molecule has 0 radical (unpaired) electrons. The van der Waals surface area contributed by atoms with Crippen LogP contribution in [-0.4, -0.2) is 25.9 Å². The van der Waals surface area contributed by atoms with Gasteiger partial charge in [-0.15, -0.1) is 0 Å². The van der Waals surface area contributed by atoms with Crippen LogP contribution in [0.2, 0.25) is 0 Å². The molecule has 0 aliphatic rings. The van der Waals surface area contributed by atoms with Crippen molar-refractivity contribution in [3.8, 4) is 0 Å². The molecule has 0 unspecified atom stereocenters. The van der Waals surface area contributed by atoms with E-state index in [9.17, 15) is 4.79 Å². The van der Waals surface area contributed by atoms with Crippen LogP contribution in [0, 0.1) is 0 Å². The average Bonchev–Trinajstić information content (AvgIpc) is 2.98. The van der Waals surface area contributed by atoms with Gasteiger partial charge in [-0.1, -0.05) is 13.0 Å². The highest BCUT2D eigenvalue weighted by atomic mass is 16.1. The molecule has 7 nitrogen and oxygen atoms in total. The standard InChI is InChI=1S/C16H18N6O/c1-4-12-9-19-22-14(7-13(17-2)20-16(12)22)18-8-11-5-6-15(23)21(3)10-11/h5-7,9-10,18H,2,4,8H2,1,3H3. The summed E-state index contributed by atoms with van der Waals surface area (Å²) in [5.41, 5.74) is 2.80. The number of pyridine rings is 1. The van der Waals surface area contributed by atoms with Crippen LogP contribution in [0.15, 0.2) is 40.4 Å². The first-order chi connectivity index (χ1) is 11.1. The first-order valence-electron chi connectivity index (χ1n) is 7.36. The Hall–Kier alpha value is -2.96. The molecule has 23 heavy (non-hydrogen) atoms. The number of nitrogens with zero attached hydrogens (tertiary/aromatic N) is 5. The van der Waals surface area contributed by atoms with Crippen molar-refractivity contribution >= 4 is 24.0 Å². The third-order valence-electron chi connectivity index (χ3n) is 3.69. The Labute approximate surface area is 133 Å². The van der Waals surface area contributed by atoms with Crippen LogP contribution in [0.1, 0.15) is 18.1 Å². The summed E-state index contributed by atoms with van der Waals surface area (Å²) in [5.74, 6) is 1.33. The molecule has 0 saturated heterocycles. The van der Waals surface area contributed by atoms with Crippen LogP contribution in [0.4, 0.5) is 11.6 Å². The van der Waals surface area contributed by atoms with Gasteiger partial charge in [0.25, 0.3) is 0 Å². The average molecular weight is 310 g/mol. The molecule has 1 N–H and O–H groups in total. The molecular weight excluding hydrogens is 292 g/mol. The maximum atomic E-state index is 11.4. The van der Waals surface area contributed by atoms with E-state index in [0.29, 0.717) is 12.4 Å². The van der Waals surface area contributed by atoms with E-state index in [4.69, 9.17) is 0 Å². The lowest BCUT2D eigenvalue weighted by Gasteiger charge is -2.10. The van der Waals surface area contributed by atoms with Gasteiger partial charge in [-0.2, -0.15) is 9.61 Å². The Morgan fingerprint density at radius 1 is 1.39 bits per heavy atom. The second-order valence-electron chi connectivity index (χ2n) is 5.26. The van der Waals surface area contributed by atoms with E-state index in [1.807, 2.05) is 6.20 Å². The smallest absolute Gasteiger partial charge is 0.250 e. The zero-order valence-electron chi connectivity index (χ0n) is 13.2. The summed E-state index contributed by atoms with van der Waals surface area (Å²) in [6.07, 6.45) is 4.46. The van der Waals surface area contributed by atoms with Crippen molar-refractivity contribution in [3.05, 3.63) is 52.1 Å². The number of fused-ring (bicyclic) bond motifs is 1. The van der Waals surface area contributed by atoms with Crippen molar-refractivity contribution in [3.63, 3.8) is 0 Å². The number of hydrogen-bond acceptors (Lipinski definition) is 5. The molecule has 0 aliphatic heterocycles. The minimum atomic E-state index is -0.0298. The van der Waals surface area contributed by atoms with Gasteiger partial charge in [-0.05, 0) is 18.7 Å². The fourth-order valence-electron chi connectivity index (χ4n) is 2.40. The number of rotatable bonds is 5. The Morgan fingerprint density at radius 3 is 2.91 bits per heavy atom. The molecule has 0 bridgehead atoms. The van der Waals surface area contributed by atoms with Gasteiger partial charge in [0.2, 0.25) is 5.56 Å². The predicted molar refractivity (Wildman–Crippen MR) is 90.6 cm³/mol. The summed E-state index contributed by atoms with van der Waals surface area (Å²) in [4.78, 5) is 19.8. The maximum absolute atomic E-state index is 11.4. The van der Waals surface area contributed by atoms with Gasteiger partial charge in [-0.25, -0.2) is 9.98 Å². The molecule has 0 fully saturated rings. The number of aromatic nitrogens is 4. The quantitative estimate of drug-likeness (QED) is 0.731. The van der Waals surface area contributed by atoms with Gasteiger partial charge in [0.1, 0.15) is 5.82 Å². The van der Waals surface area contributed by atoms with Gasteiger partial charge in [-0.3, -0.25) is 4.79 Å². The Morgan fingerprint density at radius 2 is 2.22 bits per heavy atom. The molecule has 3 rings (SSSR count). The normalized spacial score (nSPS) is 10.9. The minimum absolute atomic E-state index is 0.0298. The highest BCUT2D eigenvalue weighted by Gasteiger charge is 2.10. The number of nitrogens with one attached hydrogen (secondary N) is 1.